The van der Waals surface area contributed by atoms with Gasteiger partial charge < -0.3 is 0 Å². The molecular formula is C15H21BrN2S. The summed E-state index contributed by atoms with van der Waals surface area (Å²) in [4.78, 5) is 1.23. The topological polar surface area (TPSA) is 35.8 Å². The van der Waals surface area contributed by atoms with Gasteiger partial charge in [-0.25, -0.2) is 0 Å². The van der Waals surface area contributed by atoms with Crippen molar-refractivity contribution in [2.45, 2.75) is 55.8 Å². The Labute approximate surface area is 129 Å². The molecule has 0 bridgehead atoms. The number of thioether (sulfide) groups is 1. The Morgan fingerprint density at radius 3 is 2.63 bits per heavy atom. The van der Waals surface area contributed by atoms with E-state index in [9.17, 15) is 5.26 Å². The van der Waals surface area contributed by atoms with Crippen molar-refractivity contribution in [2.75, 3.05) is 0 Å². The van der Waals surface area contributed by atoms with Crippen molar-refractivity contribution in [1.82, 2.24) is 5.32 Å². The maximum Gasteiger partial charge on any atom is 0.105 e. The van der Waals surface area contributed by atoms with E-state index in [1.165, 1.54) is 4.90 Å². The highest BCUT2D eigenvalue weighted by Crippen LogP contribution is 2.30. The molecule has 1 rings (SSSR count). The molecule has 0 aromatic heterocycles. The van der Waals surface area contributed by atoms with Gasteiger partial charge >= 0.3 is 0 Å². The molecule has 1 aromatic rings. The summed E-state index contributed by atoms with van der Waals surface area (Å²) in [5, 5.41) is 13.1. The van der Waals surface area contributed by atoms with Crippen LogP contribution >= 0.6 is 27.7 Å². The summed E-state index contributed by atoms with van der Waals surface area (Å²) in [6.45, 7) is 8.29. The lowest BCUT2D eigenvalue weighted by molar-refractivity contribution is 0.382. The Balaban J connectivity index is 2.64. The summed E-state index contributed by atoms with van der Waals surface area (Å²) in [5.74, 6) is 0. The lowest BCUT2D eigenvalue weighted by atomic mass is 9.97. The van der Waals surface area contributed by atoms with E-state index in [2.05, 4.69) is 60.2 Å². The molecular weight excluding hydrogens is 320 g/mol. The molecule has 0 radical (unpaired) electrons. The van der Waals surface area contributed by atoms with E-state index in [0.29, 0.717) is 11.3 Å². The molecule has 2 unspecified atom stereocenters. The van der Waals surface area contributed by atoms with Gasteiger partial charge in [0.05, 0.1) is 6.07 Å². The molecule has 19 heavy (non-hydrogen) atoms. The number of hydrogen-bond acceptors (Lipinski definition) is 3. The third-order valence-electron chi connectivity index (χ3n) is 2.68. The summed E-state index contributed by atoms with van der Waals surface area (Å²) < 4.78 is 1.09. The first-order valence-corrected chi connectivity index (χ1v) is 8.13. The van der Waals surface area contributed by atoms with Crippen LogP contribution in [0.25, 0.3) is 0 Å². The minimum Gasteiger partial charge on any atom is -0.297 e. The number of rotatable bonds is 6. The molecule has 0 aliphatic heterocycles. The van der Waals surface area contributed by atoms with Crippen molar-refractivity contribution < 1.29 is 0 Å². The Morgan fingerprint density at radius 2 is 2.11 bits per heavy atom. The quantitative estimate of drug-likeness (QED) is 0.768. The molecule has 4 heteroatoms. The zero-order chi connectivity index (χ0) is 14.5. The van der Waals surface area contributed by atoms with E-state index in [0.717, 1.165) is 10.9 Å². The Kier molecular flexibility index (Phi) is 6.38. The summed E-state index contributed by atoms with van der Waals surface area (Å²) in [7, 11) is 0. The van der Waals surface area contributed by atoms with E-state index >= 15 is 0 Å². The fourth-order valence-corrected chi connectivity index (χ4v) is 3.95. The first kappa shape index (κ1) is 16.6. The van der Waals surface area contributed by atoms with Crippen molar-refractivity contribution in [3.05, 3.63) is 28.7 Å². The van der Waals surface area contributed by atoms with Crippen LogP contribution in [0.5, 0.6) is 0 Å². The first-order chi connectivity index (χ1) is 8.84. The van der Waals surface area contributed by atoms with Crippen molar-refractivity contribution >= 4 is 27.7 Å². The summed E-state index contributed by atoms with van der Waals surface area (Å²) in [5.41, 5.74) is -0.466. The van der Waals surface area contributed by atoms with Crippen LogP contribution in [0.1, 0.15) is 34.1 Å². The van der Waals surface area contributed by atoms with Crippen LogP contribution in [0.3, 0.4) is 0 Å². The number of nitrogens with zero attached hydrogens (tertiary/aromatic N) is 1. The molecule has 0 amide bonds. The molecule has 0 saturated heterocycles. The van der Waals surface area contributed by atoms with Crippen LogP contribution in [-0.4, -0.2) is 16.8 Å². The maximum absolute atomic E-state index is 9.36. The third-order valence-corrected chi connectivity index (χ3v) is 4.27. The normalized spacial score (nSPS) is 15.8. The number of benzene rings is 1. The van der Waals surface area contributed by atoms with Crippen LogP contribution in [0.2, 0.25) is 0 Å². The molecule has 0 spiro atoms. The molecule has 104 valence electrons. The van der Waals surface area contributed by atoms with Gasteiger partial charge in [-0.3, -0.25) is 5.32 Å². The van der Waals surface area contributed by atoms with Crippen LogP contribution in [-0.2, 0) is 0 Å². The van der Waals surface area contributed by atoms with Crippen molar-refractivity contribution in [3.63, 3.8) is 0 Å². The second-order valence-electron chi connectivity index (χ2n) is 5.33. The van der Waals surface area contributed by atoms with Crippen LogP contribution < -0.4 is 5.32 Å². The van der Waals surface area contributed by atoms with E-state index in [1.807, 2.05) is 19.1 Å². The number of nitriles is 1. The van der Waals surface area contributed by atoms with E-state index in [4.69, 9.17) is 0 Å². The average molecular weight is 341 g/mol. The first-order valence-electron chi connectivity index (χ1n) is 6.46. The van der Waals surface area contributed by atoms with Gasteiger partial charge in [-0.05, 0) is 45.4 Å². The molecule has 2 atom stereocenters. The van der Waals surface area contributed by atoms with E-state index in [1.54, 1.807) is 11.8 Å². The lowest BCUT2D eigenvalue weighted by Crippen LogP contribution is -2.46. The zero-order valence-electron chi connectivity index (χ0n) is 11.9. The second-order valence-corrected chi connectivity index (χ2v) is 7.76. The molecule has 0 saturated carbocycles. The monoisotopic (exact) mass is 340 g/mol. The highest BCUT2D eigenvalue weighted by molar-refractivity contribution is 9.10. The summed E-state index contributed by atoms with van der Waals surface area (Å²) >= 11 is 5.29. The lowest BCUT2D eigenvalue weighted by Gasteiger charge is -2.28. The number of nitrogens with one attached hydrogen (secondary N) is 1. The van der Waals surface area contributed by atoms with Crippen LogP contribution in [0.4, 0.5) is 0 Å². The SMILES string of the molecule is CC(C)NC(C)(C#N)CC(C)Sc1cccc(Br)c1. The average Bonchev–Trinajstić information content (AvgIpc) is 2.27. The Hall–Kier alpha value is -0.500. The Bertz CT molecular complexity index is 456. The summed E-state index contributed by atoms with van der Waals surface area (Å²) in [6.07, 6.45) is 0.818. The van der Waals surface area contributed by atoms with Gasteiger partial charge in [0, 0.05) is 20.7 Å². The van der Waals surface area contributed by atoms with Gasteiger partial charge in [0.1, 0.15) is 5.54 Å². The van der Waals surface area contributed by atoms with Gasteiger partial charge in [-0.1, -0.05) is 28.9 Å². The zero-order valence-corrected chi connectivity index (χ0v) is 14.3. The molecule has 0 fully saturated rings. The number of hydrogen-bond donors (Lipinski definition) is 1. The van der Waals surface area contributed by atoms with Gasteiger partial charge in [-0.2, -0.15) is 5.26 Å². The number of halogens is 1. The summed E-state index contributed by atoms with van der Waals surface area (Å²) in [6, 6.07) is 11.0. The third kappa shape index (κ3) is 5.99. The van der Waals surface area contributed by atoms with Crippen LogP contribution in [0, 0.1) is 11.3 Å². The smallest absolute Gasteiger partial charge is 0.105 e. The second kappa shape index (κ2) is 7.33. The van der Waals surface area contributed by atoms with Crippen LogP contribution in [0.15, 0.2) is 33.6 Å². The van der Waals surface area contributed by atoms with Gasteiger partial charge in [0.25, 0.3) is 0 Å². The highest BCUT2D eigenvalue weighted by Gasteiger charge is 2.27. The molecule has 1 aromatic carbocycles. The Morgan fingerprint density at radius 1 is 1.42 bits per heavy atom. The van der Waals surface area contributed by atoms with E-state index in [-0.39, 0.29) is 0 Å². The molecule has 2 nitrogen and oxygen atoms in total. The minimum atomic E-state index is -0.466. The van der Waals surface area contributed by atoms with Gasteiger partial charge in [-0.15, -0.1) is 11.8 Å². The fraction of sp³-hybridized carbons (Fsp3) is 0.533. The van der Waals surface area contributed by atoms with Crippen molar-refractivity contribution in [1.29, 1.82) is 5.26 Å². The molecule has 1 N–H and O–H groups in total. The maximum atomic E-state index is 9.36. The largest absolute Gasteiger partial charge is 0.297 e. The minimum absolute atomic E-state index is 0.313. The van der Waals surface area contributed by atoms with Crippen molar-refractivity contribution in [2.24, 2.45) is 0 Å². The standard InChI is InChI=1S/C15H21BrN2S/c1-11(2)18-15(4,10-17)9-12(3)19-14-7-5-6-13(16)8-14/h5-8,11-12,18H,9H2,1-4H3. The predicted molar refractivity (Wildman–Crippen MR) is 86.4 cm³/mol. The highest BCUT2D eigenvalue weighted by atomic mass is 79.9. The molecule has 0 aliphatic carbocycles. The van der Waals surface area contributed by atoms with Gasteiger partial charge in [0.15, 0.2) is 0 Å². The van der Waals surface area contributed by atoms with Crippen molar-refractivity contribution in [3.8, 4) is 6.07 Å². The fourth-order valence-electron chi connectivity index (χ4n) is 2.16. The molecule has 0 heterocycles. The predicted octanol–water partition coefficient (Wildman–Crippen LogP) is 4.60. The van der Waals surface area contributed by atoms with Gasteiger partial charge in [0.2, 0.25) is 0 Å². The molecule has 0 aliphatic rings. The van der Waals surface area contributed by atoms with E-state index < -0.39 is 5.54 Å².